The van der Waals surface area contributed by atoms with Crippen LogP contribution in [-0.2, 0) is 4.79 Å². The van der Waals surface area contributed by atoms with E-state index in [1.165, 1.54) is 0 Å². The van der Waals surface area contributed by atoms with Crippen LogP contribution in [0.25, 0.3) is 0 Å². The number of halogens is 2. The monoisotopic (exact) mass is 382 g/mol. The quantitative estimate of drug-likeness (QED) is 0.749. The second kappa shape index (κ2) is 8.94. The lowest BCUT2D eigenvalue weighted by atomic mass is 10.1. The Balaban J connectivity index is 1.94. The first kappa shape index (κ1) is 19.4. The zero-order valence-electron chi connectivity index (χ0n) is 14.2. The molecule has 25 heavy (non-hydrogen) atoms. The van der Waals surface area contributed by atoms with Gasteiger partial charge >= 0.3 is 0 Å². The van der Waals surface area contributed by atoms with E-state index in [1.807, 2.05) is 13.0 Å². The lowest BCUT2D eigenvalue weighted by Crippen LogP contribution is -2.30. The highest BCUT2D eigenvalue weighted by Gasteiger charge is 2.12. The Morgan fingerprint density at radius 1 is 1.08 bits per heavy atom. The van der Waals surface area contributed by atoms with Crippen molar-refractivity contribution in [1.82, 2.24) is 5.32 Å². The summed E-state index contributed by atoms with van der Waals surface area (Å²) in [5.41, 5.74) is 1.51. The van der Waals surface area contributed by atoms with Crippen molar-refractivity contribution >= 4 is 34.8 Å². The van der Waals surface area contributed by atoms with Crippen molar-refractivity contribution in [3.05, 3.63) is 52.0 Å². The van der Waals surface area contributed by atoms with Crippen LogP contribution in [0.1, 0.15) is 18.5 Å². The molecule has 2 aromatic rings. The van der Waals surface area contributed by atoms with Gasteiger partial charge in [0, 0.05) is 27.8 Å². The van der Waals surface area contributed by atoms with E-state index < -0.39 is 0 Å². The van der Waals surface area contributed by atoms with Gasteiger partial charge in [-0.15, -0.1) is 0 Å². The predicted molar refractivity (Wildman–Crippen MR) is 101 cm³/mol. The molecule has 0 bridgehead atoms. The number of carbonyl (C=O) groups excluding carboxylic acids is 1. The number of hydrogen-bond donors (Lipinski definition) is 2. The van der Waals surface area contributed by atoms with Crippen molar-refractivity contribution in [2.24, 2.45) is 0 Å². The molecule has 0 fully saturated rings. The zero-order chi connectivity index (χ0) is 18.4. The summed E-state index contributed by atoms with van der Waals surface area (Å²) < 4.78 is 10.4. The van der Waals surface area contributed by atoms with Crippen LogP contribution in [0.3, 0.4) is 0 Å². The molecule has 5 nitrogen and oxygen atoms in total. The van der Waals surface area contributed by atoms with Crippen LogP contribution in [0, 0.1) is 0 Å². The Morgan fingerprint density at radius 3 is 2.44 bits per heavy atom. The minimum Gasteiger partial charge on any atom is -0.493 e. The average molecular weight is 383 g/mol. The van der Waals surface area contributed by atoms with Gasteiger partial charge in [-0.05, 0) is 36.8 Å². The Hall–Kier alpha value is -1.95. The second-order valence-corrected chi connectivity index (χ2v) is 6.23. The standard InChI is InChI=1S/C18H20Cl2N2O3/c1-11(14-6-4-12(19)8-15(14)20)21-10-18(23)22-13-5-7-16(24-2)17(9-13)25-3/h4-9,11,21H,10H2,1-3H3,(H,22,23)/t11-/m1/s1. The fourth-order valence-corrected chi connectivity index (χ4v) is 2.90. The lowest BCUT2D eigenvalue weighted by Gasteiger charge is -2.16. The summed E-state index contributed by atoms with van der Waals surface area (Å²) in [7, 11) is 3.10. The number of hydrogen-bond acceptors (Lipinski definition) is 4. The van der Waals surface area contributed by atoms with Crippen molar-refractivity contribution in [1.29, 1.82) is 0 Å². The number of nitrogens with one attached hydrogen (secondary N) is 2. The lowest BCUT2D eigenvalue weighted by molar-refractivity contribution is -0.115. The van der Waals surface area contributed by atoms with E-state index in [4.69, 9.17) is 32.7 Å². The number of carbonyl (C=O) groups is 1. The van der Waals surface area contributed by atoms with E-state index in [-0.39, 0.29) is 18.5 Å². The van der Waals surface area contributed by atoms with E-state index >= 15 is 0 Å². The molecule has 7 heteroatoms. The van der Waals surface area contributed by atoms with E-state index in [0.717, 1.165) is 5.56 Å². The molecule has 0 heterocycles. The fourth-order valence-electron chi connectivity index (χ4n) is 2.33. The largest absolute Gasteiger partial charge is 0.493 e. The topological polar surface area (TPSA) is 59.6 Å². The van der Waals surface area contributed by atoms with Gasteiger partial charge in [-0.25, -0.2) is 0 Å². The number of amides is 1. The summed E-state index contributed by atoms with van der Waals surface area (Å²) >= 11 is 12.1. The van der Waals surface area contributed by atoms with Gasteiger partial charge < -0.3 is 20.1 Å². The summed E-state index contributed by atoms with van der Waals surface area (Å²) in [4.78, 5) is 12.1. The Bertz CT molecular complexity index is 753. The van der Waals surface area contributed by atoms with Gasteiger partial charge in [0.15, 0.2) is 11.5 Å². The molecule has 2 aromatic carbocycles. The van der Waals surface area contributed by atoms with Gasteiger partial charge in [0.2, 0.25) is 5.91 Å². The van der Waals surface area contributed by atoms with Crippen LogP contribution >= 0.6 is 23.2 Å². The Labute approximate surface area is 157 Å². The number of benzene rings is 2. The predicted octanol–water partition coefficient (Wildman–Crippen LogP) is 4.30. The van der Waals surface area contributed by atoms with Gasteiger partial charge in [-0.3, -0.25) is 4.79 Å². The summed E-state index contributed by atoms with van der Waals surface area (Å²) in [5, 5.41) is 7.08. The zero-order valence-corrected chi connectivity index (χ0v) is 15.7. The smallest absolute Gasteiger partial charge is 0.238 e. The first-order chi connectivity index (χ1) is 11.9. The third-order valence-electron chi connectivity index (χ3n) is 3.67. The van der Waals surface area contributed by atoms with Crippen LogP contribution in [-0.4, -0.2) is 26.7 Å². The minimum absolute atomic E-state index is 0.0964. The van der Waals surface area contributed by atoms with Gasteiger partial charge in [0.25, 0.3) is 0 Å². The molecule has 0 unspecified atom stereocenters. The normalized spacial score (nSPS) is 11.7. The molecule has 0 saturated heterocycles. The van der Waals surface area contributed by atoms with Crippen molar-refractivity contribution in [2.75, 3.05) is 26.1 Å². The molecule has 2 N–H and O–H groups in total. The summed E-state index contributed by atoms with van der Waals surface area (Å²) in [6, 6.07) is 10.4. The molecule has 0 aliphatic heterocycles. The second-order valence-electron chi connectivity index (χ2n) is 5.39. The highest BCUT2D eigenvalue weighted by atomic mass is 35.5. The van der Waals surface area contributed by atoms with Gasteiger partial charge in [-0.1, -0.05) is 29.3 Å². The molecule has 0 aliphatic rings. The number of rotatable bonds is 7. The van der Waals surface area contributed by atoms with Crippen LogP contribution in [0.4, 0.5) is 5.69 Å². The Kier molecular flexibility index (Phi) is 6.93. The van der Waals surface area contributed by atoms with E-state index in [2.05, 4.69) is 10.6 Å². The number of methoxy groups -OCH3 is 2. The number of anilines is 1. The third kappa shape index (κ3) is 5.26. The fraction of sp³-hybridized carbons (Fsp3) is 0.278. The summed E-state index contributed by atoms with van der Waals surface area (Å²) in [5.74, 6) is 0.975. The summed E-state index contributed by atoms with van der Waals surface area (Å²) in [6.45, 7) is 2.06. The van der Waals surface area contributed by atoms with Gasteiger partial charge in [0.1, 0.15) is 0 Å². The van der Waals surface area contributed by atoms with Crippen LogP contribution < -0.4 is 20.1 Å². The molecule has 134 valence electrons. The maximum absolute atomic E-state index is 12.1. The van der Waals surface area contributed by atoms with Crippen LogP contribution in [0.5, 0.6) is 11.5 Å². The van der Waals surface area contributed by atoms with E-state index in [0.29, 0.717) is 27.2 Å². The number of ether oxygens (including phenoxy) is 2. The molecule has 1 amide bonds. The van der Waals surface area contributed by atoms with Crippen molar-refractivity contribution in [2.45, 2.75) is 13.0 Å². The van der Waals surface area contributed by atoms with Crippen molar-refractivity contribution < 1.29 is 14.3 Å². The van der Waals surface area contributed by atoms with E-state index in [1.54, 1.807) is 44.6 Å². The van der Waals surface area contributed by atoms with Gasteiger partial charge in [-0.2, -0.15) is 0 Å². The SMILES string of the molecule is COc1ccc(NC(=O)CN[C@H](C)c2ccc(Cl)cc2Cl)cc1OC. The first-order valence-corrected chi connectivity index (χ1v) is 8.40. The van der Waals surface area contributed by atoms with Crippen molar-refractivity contribution in [3.63, 3.8) is 0 Å². The molecular formula is C18H20Cl2N2O3. The molecular weight excluding hydrogens is 363 g/mol. The van der Waals surface area contributed by atoms with E-state index in [9.17, 15) is 4.79 Å². The molecule has 0 aliphatic carbocycles. The molecule has 0 spiro atoms. The van der Waals surface area contributed by atoms with Crippen LogP contribution in [0.15, 0.2) is 36.4 Å². The maximum atomic E-state index is 12.1. The molecule has 1 atom stereocenters. The summed E-state index contributed by atoms with van der Waals surface area (Å²) in [6.07, 6.45) is 0. The maximum Gasteiger partial charge on any atom is 0.238 e. The highest BCUT2D eigenvalue weighted by molar-refractivity contribution is 6.35. The van der Waals surface area contributed by atoms with Gasteiger partial charge in [0.05, 0.1) is 20.8 Å². The molecule has 0 aromatic heterocycles. The molecule has 0 saturated carbocycles. The highest BCUT2D eigenvalue weighted by Crippen LogP contribution is 2.29. The average Bonchev–Trinajstić information content (AvgIpc) is 2.59. The third-order valence-corrected chi connectivity index (χ3v) is 4.23. The van der Waals surface area contributed by atoms with Crippen molar-refractivity contribution in [3.8, 4) is 11.5 Å². The first-order valence-electron chi connectivity index (χ1n) is 7.64. The molecule has 0 radical (unpaired) electrons. The minimum atomic E-state index is -0.177. The van der Waals surface area contributed by atoms with Crippen LogP contribution in [0.2, 0.25) is 10.0 Å². The Morgan fingerprint density at radius 2 is 1.80 bits per heavy atom. The molecule has 2 rings (SSSR count).